The van der Waals surface area contributed by atoms with E-state index >= 15 is 0 Å². The van der Waals surface area contributed by atoms with E-state index in [-0.39, 0.29) is 0 Å². The van der Waals surface area contributed by atoms with Crippen molar-refractivity contribution in [3.8, 4) is 11.4 Å². The molecular formula is C52H30N2S. The van der Waals surface area contributed by atoms with Crippen molar-refractivity contribution in [3.05, 3.63) is 182 Å². The first kappa shape index (κ1) is 29.5. The summed E-state index contributed by atoms with van der Waals surface area (Å²) < 4.78 is 7.63. The normalized spacial score (nSPS) is 12.4. The van der Waals surface area contributed by atoms with Crippen molar-refractivity contribution in [3.63, 3.8) is 0 Å². The molecule has 0 bridgehead atoms. The molecule has 3 aromatic heterocycles. The number of aromatic nitrogens is 2. The van der Waals surface area contributed by atoms with Crippen LogP contribution in [0.3, 0.4) is 0 Å². The quantitative estimate of drug-likeness (QED) is 0.158. The molecule has 0 radical (unpaired) electrons. The first-order valence-corrected chi connectivity index (χ1v) is 19.7. The van der Waals surface area contributed by atoms with Gasteiger partial charge in [-0.1, -0.05) is 133 Å². The Labute approximate surface area is 319 Å². The summed E-state index contributed by atoms with van der Waals surface area (Å²) >= 11 is 1.95. The van der Waals surface area contributed by atoms with Crippen LogP contribution in [0.4, 0.5) is 0 Å². The summed E-state index contributed by atoms with van der Waals surface area (Å²) in [6.07, 6.45) is 0. The molecule has 55 heavy (non-hydrogen) atoms. The minimum Gasteiger partial charge on any atom is -0.309 e. The molecule has 0 spiro atoms. The van der Waals surface area contributed by atoms with Crippen molar-refractivity contribution in [2.45, 2.75) is 0 Å². The summed E-state index contributed by atoms with van der Waals surface area (Å²) in [5.41, 5.74) is 7.30. The third-order valence-electron chi connectivity index (χ3n) is 12.1. The Morgan fingerprint density at radius 2 is 0.655 bits per heavy atom. The van der Waals surface area contributed by atoms with Gasteiger partial charge in [-0.15, -0.1) is 11.3 Å². The molecule has 0 fully saturated rings. The number of hydrogen-bond acceptors (Lipinski definition) is 1. The highest BCUT2D eigenvalue weighted by Gasteiger charge is 2.21. The van der Waals surface area contributed by atoms with Crippen LogP contribution in [0.2, 0.25) is 0 Å². The molecule has 3 heteroatoms. The molecule has 0 unspecified atom stereocenters. The summed E-state index contributed by atoms with van der Waals surface area (Å²) in [5, 5.41) is 18.0. The molecule has 0 saturated heterocycles. The molecule has 0 aliphatic carbocycles. The van der Waals surface area contributed by atoms with Gasteiger partial charge in [0, 0.05) is 53.1 Å². The van der Waals surface area contributed by atoms with Crippen molar-refractivity contribution in [2.24, 2.45) is 0 Å². The Morgan fingerprint density at radius 1 is 0.273 bits per heavy atom. The van der Waals surface area contributed by atoms with E-state index in [0.717, 1.165) is 0 Å². The number of hydrogen-bond donors (Lipinski definition) is 0. The third kappa shape index (κ3) is 3.97. The van der Waals surface area contributed by atoms with Gasteiger partial charge < -0.3 is 9.13 Å². The van der Waals surface area contributed by atoms with Gasteiger partial charge in [0.2, 0.25) is 0 Å². The Kier molecular flexibility index (Phi) is 5.80. The fourth-order valence-electron chi connectivity index (χ4n) is 9.61. The molecule has 254 valence electrons. The SMILES string of the molecule is c1ccc2c(c1)ccc1ccc(-n3c4ccccc4c4c5sc6c(ccc7c6c6ccccc6n7-c6ccc7ccc8ccccc8c7c6)c5ccc43)cc12. The van der Waals surface area contributed by atoms with Crippen LogP contribution in [0.5, 0.6) is 0 Å². The lowest BCUT2D eigenvalue weighted by Gasteiger charge is -2.11. The van der Waals surface area contributed by atoms with E-state index in [1.807, 2.05) is 11.3 Å². The fraction of sp³-hybridized carbons (Fsp3) is 0. The zero-order valence-electron chi connectivity index (χ0n) is 29.6. The zero-order chi connectivity index (χ0) is 35.8. The zero-order valence-corrected chi connectivity index (χ0v) is 30.4. The van der Waals surface area contributed by atoms with E-state index in [2.05, 4.69) is 191 Å². The Balaban J connectivity index is 1.10. The highest BCUT2D eigenvalue weighted by Crippen LogP contribution is 2.48. The van der Waals surface area contributed by atoms with Gasteiger partial charge in [0.05, 0.1) is 22.1 Å². The van der Waals surface area contributed by atoms with Crippen molar-refractivity contribution >= 4 is 118 Å². The van der Waals surface area contributed by atoms with Gasteiger partial charge in [-0.25, -0.2) is 0 Å². The smallest absolute Gasteiger partial charge is 0.0555 e. The molecule has 13 aromatic rings. The van der Waals surface area contributed by atoms with E-state index in [0.29, 0.717) is 0 Å². The Hall–Kier alpha value is -6.94. The van der Waals surface area contributed by atoms with Gasteiger partial charge in [-0.05, 0) is 91.6 Å². The highest BCUT2D eigenvalue weighted by molar-refractivity contribution is 7.27. The number of benzene rings is 10. The average Bonchev–Trinajstić information content (AvgIpc) is 3.91. The second kappa shape index (κ2) is 10.8. The number of thiophene rings is 1. The van der Waals surface area contributed by atoms with Gasteiger partial charge in [0.15, 0.2) is 0 Å². The first-order valence-electron chi connectivity index (χ1n) is 18.9. The maximum atomic E-state index is 2.47. The first-order chi connectivity index (χ1) is 27.3. The number of para-hydroxylation sites is 2. The molecule has 0 N–H and O–H groups in total. The van der Waals surface area contributed by atoms with Gasteiger partial charge in [0.1, 0.15) is 0 Å². The number of rotatable bonds is 2. The molecule has 0 aliphatic heterocycles. The molecule has 0 aliphatic rings. The van der Waals surface area contributed by atoms with Crippen LogP contribution in [-0.4, -0.2) is 9.13 Å². The molecule has 2 nitrogen and oxygen atoms in total. The van der Waals surface area contributed by atoms with E-state index in [1.165, 1.54) is 118 Å². The summed E-state index contributed by atoms with van der Waals surface area (Å²) in [4.78, 5) is 0. The standard InChI is InChI=1S/C52H30N2S/c1-3-11-37-31(9-1)17-19-33-21-23-35(29-43(33)37)53-45-15-7-5-13-41(45)49-47(53)27-25-39-40-26-28-48-50(52(40)55-51(39)49)42-14-6-8-16-46(42)54(48)36-24-22-34-20-18-32-10-2-4-12-38(32)44(34)30-36/h1-30H. The van der Waals surface area contributed by atoms with Crippen molar-refractivity contribution in [2.75, 3.05) is 0 Å². The van der Waals surface area contributed by atoms with E-state index < -0.39 is 0 Å². The Morgan fingerprint density at radius 3 is 1.13 bits per heavy atom. The second-order valence-electron chi connectivity index (χ2n) is 14.9. The summed E-state index contributed by atoms with van der Waals surface area (Å²) in [6, 6.07) is 67.6. The molecular weight excluding hydrogens is 685 g/mol. The number of fused-ring (bicyclic) bond motifs is 17. The largest absolute Gasteiger partial charge is 0.309 e. The molecule has 0 atom stereocenters. The van der Waals surface area contributed by atoms with Crippen molar-refractivity contribution < 1.29 is 0 Å². The van der Waals surface area contributed by atoms with Gasteiger partial charge in [-0.3, -0.25) is 0 Å². The minimum absolute atomic E-state index is 1.18. The molecule has 3 heterocycles. The molecule has 0 amide bonds. The second-order valence-corrected chi connectivity index (χ2v) is 15.9. The van der Waals surface area contributed by atoms with Crippen LogP contribution in [0.25, 0.3) is 118 Å². The maximum absolute atomic E-state index is 2.47. The van der Waals surface area contributed by atoms with E-state index in [4.69, 9.17) is 0 Å². The molecule has 13 rings (SSSR count). The monoisotopic (exact) mass is 714 g/mol. The number of nitrogens with zero attached hydrogens (tertiary/aromatic N) is 2. The van der Waals surface area contributed by atoms with Crippen LogP contribution >= 0.6 is 11.3 Å². The van der Waals surface area contributed by atoms with Crippen LogP contribution in [0.15, 0.2) is 182 Å². The summed E-state index contributed by atoms with van der Waals surface area (Å²) in [5.74, 6) is 0. The molecule has 10 aromatic carbocycles. The van der Waals surface area contributed by atoms with Crippen molar-refractivity contribution in [1.29, 1.82) is 0 Å². The van der Waals surface area contributed by atoms with Crippen LogP contribution in [-0.2, 0) is 0 Å². The van der Waals surface area contributed by atoms with Crippen LogP contribution in [0.1, 0.15) is 0 Å². The van der Waals surface area contributed by atoms with Crippen LogP contribution in [0, 0.1) is 0 Å². The van der Waals surface area contributed by atoms with Gasteiger partial charge in [0.25, 0.3) is 0 Å². The van der Waals surface area contributed by atoms with Gasteiger partial charge in [-0.2, -0.15) is 0 Å². The summed E-state index contributed by atoms with van der Waals surface area (Å²) in [7, 11) is 0. The Bertz CT molecular complexity index is 3530. The highest BCUT2D eigenvalue weighted by atomic mass is 32.1. The van der Waals surface area contributed by atoms with E-state index in [9.17, 15) is 0 Å². The molecule has 0 saturated carbocycles. The predicted octanol–water partition coefficient (Wildman–Crippen LogP) is 14.9. The predicted molar refractivity (Wildman–Crippen MR) is 238 cm³/mol. The van der Waals surface area contributed by atoms with Crippen LogP contribution < -0.4 is 0 Å². The fourth-order valence-corrected chi connectivity index (χ4v) is 11.0. The average molecular weight is 715 g/mol. The minimum atomic E-state index is 1.18. The lowest BCUT2D eigenvalue weighted by molar-refractivity contribution is 1.19. The third-order valence-corrected chi connectivity index (χ3v) is 13.3. The van der Waals surface area contributed by atoms with E-state index in [1.54, 1.807) is 0 Å². The summed E-state index contributed by atoms with van der Waals surface area (Å²) in [6.45, 7) is 0. The lowest BCUT2D eigenvalue weighted by Crippen LogP contribution is -1.94. The topological polar surface area (TPSA) is 9.86 Å². The van der Waals surface area contributed by atoms with Crippen molar-refractivity contribution in [1.82, 2.24) is 9.13 Å². The maximum Gasteiger partial charge on any atom is 0.0555 e. The van der Waals surface area contributed by atoms with Gasteiger partial charge >= 0.3 is 0 Å². The lowest BCUT2D eigenvalue weighted by atomic mass is 10.0.